The van der Waals surface area contributed by atoms with Crippen molar-refractivity contribution in [1.29, 1.82) is 0 Å². The van der Waals surface area contributed by atoms with Gasteiger partial charge in [0.2, 0.25) is 0 Å². The van der Waals surface area contributed by atoms with Crippen LogP contribution in [0.25, 0.3) is 5.57 Å². The molecule has 0 radical (unpaired) electrons. The minimum Gasteiger partial charge on any atom is -0.493 e. The molecule has 1 fully saturated rings. The van der Waals surface area contributed by atoms with E-state index in [1.807, 2.05) is 18.2 Å². The Bertz CT molecular complexity index is 908. The Morgan fingerprint density at radius 1 is 1.07 bits per heavy atom. The van der Waals surface area contributed by atoms with Gasteiger partial charge in [0.25, 0.3) is 11.8 Å². The summed E-state index contributed by atoms with van der Waals surface area (Å²) in [6, 6.07) is 12.5. The molecule has 0 saturated carbocycles. The van der Waals surface area contributed by atoms with Crippen molar-refractivity contribution in [3.8, 4) is 11.5 Å². The van der Waals surface area contributed by atoms with Crippen LogP contribution in [-0.4, -0.2) is 50.7 Å². The van der Waals surface area contributed by atoms with Crippen molar-refractivity contribution in [2.24, 2.45) is 0 Å². The van der Waals surface area contributed by atoms with E-state index in [4.69, 9.17) is 25.8 Å². The zero-order valence-electron chi connectivity index (χ0n) is 15.6. The lowest BCUT2D eigenvalue weighted by atomic mass is 9.96. The minimum atomic E-state index is -0.395. The summed E-state index contributed by atoms with van der Waals surface area (Å²) in [5.41, 5.74) is 2.17. The SMILES string of the molecule is COc1ccc(C(=CC(=O)N2CCOCC2=O)c2ccc(Cl)cc2)cc1OC. The Labute approximate surface area is 168 Å². The van der Waals surface area contributed by atoms with Crippen LogP contribution in [0.5, 0.6) is 11.5 Å². The summed E-state index contributed by atoms with van der Waals surface area (Å²) in [5, 5.41) is 0.588. The molecule has 1 heterocycles. The highest BCUT2D eigenvalue weighted by molar-refractivity contribution is 6.30. The molecule has 2 aromatic rings. The van der Waals surface area contributed by atoms with Crippen LogP contribution in [0.2, 0.25) is 5.02 Å². The number of halogens is 1. The Morgan fingerprint density at radius 2 is 1.75 bits per heavy atom. The largest absolute Gasteiger partial charge is 0.493 e. The molecule has 1 aliphatic rings. The first-order valence-electron chi connectivity index (χ1n) is 8.65. The minimum absolute atomic E-state index is 0.0911. The van der Waals surface area contributed by atoms with Crippen LogP contribution in [0.3, 0.4) is 0 Å². The van der Waals surface area contributed by atoms with Crippen LogP contribution >= 0.6 is 11.6 Å². The van der Waals surface area contributed by atoms with Crippen molar-refractivity contribution in [1.82, 2.24) is 4.90 Å². The lowest BCUT2D eigenvalue weighted by molar-refractivity contribution is -0.151. The van der Waals surface area contributed by atoms with E-state index >= 15 is 0 Å². The van der Waals surface area contributed by atoms with E-state index < -0.39 is 5.91 Å². The van der Waals surface area contributed by atoms with Crippen molar-refractivity contribution in [2.45, 2.75) is 0 Å². The van der Waals surface area contributed by atoms with Gasteiger partial charge in [0.15, 0.2) is 11.5 Å². The van der Waals surface area contributed by atoms with Gasteiger partial charge in [0.1, 0.15) is 6.61 Å². The van der Waals surface area contributed by atoms with E-state index in [1.165, 1.54) is 11.0 Å². The summed E-state index contributed by atoms with van der Waals surface area (Å²) in [4.78, 5) is 26.0. The fraction of sp³-hybridized carbons (Fsp3) is 0.238. The van der Waals surface area contributed by atoms with Crippen LogP contribution in [0.1, 0.15) is 11.1 Å². The van der Waals surface area contributed by atoms with E-state index in [9.17, 15) is 9.59 Å². The van der Waals surface area contributed by atoms with E-state index in [2.05, 4.69) is 0 Å². The first kappa shape index (κ1) is 19.9. The van der Waals surface area contributed by atoms with E-state index in [0.29, 0.717) is 28.7 Å². The molecule has 0 bridgehead atoms. The zero-order chi connectivity index (χ0) is 20.1. The molecule has 0 spiro atoms. The van der Waals surface area contributed by atoms with Crippen molar-refractivity contribution < 1.29 is 23.8 Å². The molecule has 0 aromatic heterocycles. The van der Waals surface area contributed by atoms with Gasteiger partial charge in [-0.25, -0.2) is 0 Å². The molecular formula is C21H20ClNO5. The summed E-state index contributed by atoms with van der Waals surface area (Å²) in [7, 11) is 3.10. The lowest BCUT2D eigenvalue weighted by Crippen LogP contribution is -2.44. The Morgan fingerprint density at radius 3 is 2.39 bits per heavy atom. The number of ether oxygens (including phenoxy) is 3. The van der Waals surface area contributed by atoms with E-state index in [1.54, 1.807) is 38.5 Å². The average Bonchev–Trinajstić information content (AvgIpc) is 2.72. The Balaban J connectivity index is 2.06. The molecule has 0 N–H and O–H groups in total. The average molecular weight is 402 g/mol. The zero-order valence-corrected chi connectivity index (χ0v) is 16.4. The molecule has 3 rings (SSSR count). The molecule has 2 aromatic carbocycles. The lowest BCUT2D eigenvalue weighted by Gasteiger charge is -2.24. The molecule has 0 aliphatic carbocycles. The molecule has 6 nitrogen and oxygen atoms in total. The maximum atomic E-state index is 12.8. The van der Waals surface area contributed by atoms with Crippen molar-refractivity contribution in [3.63, 3.8) is 0 Å². The predicted octanol–water partition coefficient (Wildman–Crippen LogP) is 3.17. The standard InChI is InChI=1S/C21H20ClNO5/c1-26-18-8-5-15(11-19(18)27-2)17(14-3-6-16(22)7-4-14)12-20(24)23-9-10-28-13-21(23)25/h3-8,11-12H,9-10,13H2,1-2H3. The summed E-state index contributed by atoms with van der Waals surface area (Å²) in [6.07, 6.45) is 1.45. The number of methoxy groups -OCH3 is 2. The smallest absolute Gasteiger partial charge is 0.255 e. The van der Waals surface area contributed by atoms with Crippen molar-refractivity contribution >= 4 is 29.0 Å². The number of imide groups is 1. The van der Waals surface area contributed by atoms with Crippen LogP contribution in [0.4, 0.5) is 0 Å². The van der Waals surface area contributed by atoms with Crippen LogP contribution in [-0.2, 0) is 14.3 Å². The number of hydrogen-bond donors (Lipinski definition) is 0. The summed E-state index contributed by atoms with van der Waals surface area (Å²) in [6.45, 7) is 0.470. The maximum absolute atomic E-state index is 12.8. The first-order chi connectivity index (χ1) is 13.5. The molecular weight excluding hydrogens is 382 g/mol. The van der Waals surface area contributed by atoms with E-state index in [0.717, 1.165) is 11.1 Å². The second kappa shape index (κ2) is 8.91. The quantitative estimate of drug-likeness (QED) is 0.720. The molecule has 2 amide bonds. The van der Waals surface area contributed by atoms with Gasteiger partial charge in [-0.2, -0.15) is 0 Å². The Hall–Kier alpha value is -2.83. The Kier molecular flexibility index (Phi) is 6.34. The summed E-state index contributed by atoms with van der Waals surface area (Å²) < 4.78 is 15.8. The van der Waals surface area contributed by atoms with Crippen LogP contribution in [0.15, 0.2) is 48.5 Å². The third-order valence-corrected chi connectivity index (χ3v) is 4.62. The number of morpholine rings is 1. The fourth-order valence-corrected chi connectivity index (χ4v) is 3.04. The third kappa shape index (κ3) is 4.35. The van der Waals surface area contributed by atoms with Gasteiger partial charge in [0, 0.05) is 11.1 Å². The summed E-state index contributed by atoms with van der Waals surface area (Å²) in [5.74, 6) is 0.370. The highest BCUT2D eigenvalue weighted by Gasteiger charge is 2.24. The molecule has 7 heteroatoms. The number of nitrogens with zero attached hydrogens (tertiary/aromatic N) is 1. The number of benzene rings is 2. The normalized spacial score (nSPS) is 14.8. The van der Waals surface area contributed by atoms with Gasteiger partial charge < -0.3 is 14.2 Å². The monoisotopic (exact) mass is 401 g/mol. The maximum Gasteiger partial charge on any atom is 0.255 e. The molecule has 28 heavy (non-hydrogen) atoms. The summed E-state index contributed by atoms with van der Waals surface area (Å²) >= 11 is 6.01. The molecule has 1 aliphatic heterocycles. The molecule has 0 unspecified atom stereocenters. The molecule has 1 saturated heterocycles. The number of hydrogen-bond acceptors (Lipinski definition) is 5. The highest BCUT2D eigenvalue weighted by Crippen LogP contribution is 2.33. The van der Waals surface area contributed by atoms with Gasteiger partial charge in [0.05, 0.1) is 27.4 Å². The van der Waals surface area contributed by atoms with Gasteiger partial charge in [-0.1, -0.05) is 29.8 Å². The predicted molar refractivity (Wildman–Crippen MR) is 106 cm³/mol. The van der Waals surface area contributed by atoms with Crippen molar-refractivity contribution in [2.75, 3.05) is 34.0 Å². The van der Waals surface area contributed by atoms with Gasteiger partial charge >= 0.3 is 0 Å². The first-order valence-corrected chi connectivity index (χ1v) is 9.03. The number of rotatable bonds is 5. The topological polar surface area (TPSA) is 65.1 Å². The number of carbonyl (C=O) groups excluding carboxylic acids is 2. The van der Waals surface area contributed by atoms with Crippen molar-refractivity contribution in [3.05, 3.63) is 64.7 Å². The van der Waals surface area contributed by atoms with Crippen LogP contribution < -0.4 is 9.47 Å². The van der Waals surface area contributed by atoms with Gasteiger partial charge in [-0.05, 0) is 41.0 Å². The number of carbonyl (C=O) groups is 2. The van der Waals surface area contributed by atoms with Gasteiger partial charge in [-0.3, -0.25) is 14.5 Å². The highest BCUT2D eigenvalue weighted by atomic mass is 35.5. The molecule has 0 atom stereocenters. The van der Waals surface area contributed by atoms with Crippen LogP contribution in [0, 0.1) is 0 Å². The molecule has 146 valence electrons. The second-order valence-electron chi connectivity index (χ2n) is 6.07. The third-order valence-electron chi connectivity index (χ3n) is 4.37. The second-order valence-corrected chi connectivity index (χ2v) is 6.51. The van der Waals surface area contributed by atoms with E-state index in [-0.39, 0.29) is 19.1 Å². The fourth-order valence-electron chi connectivity index (χ4n) is 2.92. The van der Waals surface area contributed by atoms with Gasteiger partial charge in [-0.15, -0.1) is 0 Å². The number of amides is 2.